The molecule has 2 aliphatic heterocycles. The first-order valence-electron chi connectivity index (χ1n) is 26.5. The lowest BCUT2D eigenvalue weighted by Gasteiger charge is -2.35. The average Bonchev–Trinajstić information content (AvgIpc) is 4.28. The first kappa shape index (κ1) is 54.6. The molecule has 5 amide bonds. The summed E-state index contributed by atoms with van der Waals surface area (Å²) in [7, 11) is 0. The maximum Gasteiger partial charge on any atom is 0.411 e. The normalized spacial score (nSPS) is 17.6. The van der Waals surface area contributed by atoms with E-state index in [4.69, 9.17) is 9.26 Å². The molecule has 2 saturated heterocycles. The molecule has 2 aromatic carbocycles. The second-order valence-corrected chi connectivity index (χ2v) is 23.2. The van der Waals surface area contributed by atoms with E-state index in [9.17, 15) is 29.1 Å². The SMILES string of the molecule is Cc1ncc(-c2ccc3nc(NC(=O)CN4CCN(c5ncc(-c6cc(C(=O)N[C@H](C(=O)N7C[C@H](O)C[C@H]7C(=O)NCc7ccc(-c8scnc8C)cc7)C(C)(C)C)on6)cn5)CC4)sc3c2)cc1NC(=O)OC1CCCCC1. The molecule has 0 spiro atoms. The standard InChI is InChI=1S/C56H63N13O8S2/c1-32-42(63-55(75)76-40-9-7-6-8-10-40)21-37(26-57-32)36-15-16-41-46(22-36)79-54(62-41)64-47(71)30-67-17-19-68(20-18-67)53-59-27-38(28-60-53)43-24-45(77-66-43)51(73)65-49(56(3,4)5)52(74)69-29-39(70)23-44(69)50(72)58-25-34-11-13-35(14-12-34)48-33(2)61-31-78-48/h11-16,21-22,24,26-28,31,39-40,44,49,70H,6-10,17-20,23,25,29-30H2,1-5H3,(H,58,72)(H,63,75)(H,65,73)(H,62,64,71)/t39-,44+,49-/m1/s1. The van der Waals surface area contributed by atoms with E-state index in [1.54, 1.807) is 56.2 Å². The number of carbonyl (C=O) groups excluding carboxylic acids is 5. The number of aliphatic hydroxyl groups excluding tert-OH is 1. The molecule has 79 heavy (non-hydrogen) atoms. The Hall–Kier alpha value is -7.73. The molecule has 7 aromatic rings. The molecule has 23 heteroatoms. The molecule has 5 N–H and O–H groups in total. The van der Waals surface area contributed by atoms with Crippen molar-refractivity contribution in [3.63, 3.8) is 0 Å². The van der Waals surface area contributed by atoms with Crippen molar-refractivity contribution in [2.45, 2.75) is 104 Å². The van der Waals surface area contributed by atoms with Crippen LogP contribution >= 0.6 is 22.7 Å². The third-order valence-electron chi connectivity index (χ3n) is 14.5. The summed E-state index contributed by atoms with van der Waals surface area (Å²) in [5.41, 5.74) is 8.43. The number of nitrogens with zero attached hydrogens (tertiary/aromatic N) is 9. The Balaban J connectivity index is 0.688. The third kappa shape index (κ3) is 13.1. The molecule has 412 valence electrons. The minimum atomic E-state index is -1.09. The summed E-state index contributed by atoms with van der Waals surface area (Å²) in [6.07, 6.45) is 8.65. The number of amides is 5. The first-order chi connectivity index (χ1) is 38.0. The topological polar surface area (TPSA) is 263 Å². The summed E-state index contributed by atoms with van der Waals surface area (Å²) in [5, 5.41) is 26.9. The molecule has 3 fully saturated rings. The fraction of sp³-hybridized carbons (Fsp3) is 0.411. The van der Waals surface area contributed by atoms with Gasteiger partial charge in [0, 0.05) is 81.5 Å². The molecule has 0 unspecified atom stereocenters. The number of rotatable bonds is 15. The van der Waals surface area contributed by atoms with Crippen LogP contribution in [0.15, 0.2) is 83.2 Å². The number of benzene rings is 2. The van der Waals surface area contributed by atoms with Gasteiger partial charge in [-0.15, -0.1) is 11.3 Å². The number of ether oxygens (including phenoxy) is 1. The van der Waals surface area contributed by atoms with Crippen molar-refractivity contribution >= 4 is 79.4 Å². The molecule has 10 rings (SSSR count). The minimum Gasteiger partial charge on any atom is -0.446 e. The Morgan fingerprint density at radius 3 is 2.29 bits per heavy atom. The number of hydrogen-bond donors (Lipinski definition) is 5. The van der Waals surface area contributed by atoms with Crippen molar-refractivity contribution in [3.05, 3.63) is 101 Å². The number of fused-ring (bicyclic) bond motifs is 1. The number of likely N-dealkylation sites (tertiary alicyclic amines) is 1. The summed E-state index contributed by atoms with van der Waals surface area (Å²) >= 11 is 2.95. The number of carbonyl (C=O) groups is 5. The zero-order chi connectivity index (χ0) is 55.4. The summed E-state index contributed by atoms with van der Waals surface area (Å²) in [5.74, 6) is -1.41. The van der Waals surface area contributed by atoms with Crippen LogP contribution in [-0.4, -0.2) is 138 Å². The Labute approximate surface area is 464 Å². The van der Waals surface area contributed by atoms with E-state index in [2.05, 4.69) is 56.2 Å². The van der Waals surface area contributed by atoms with Crippen LogP contribution in [0, 0.1) is 19.3 Å². The van der Waals surface area contributed by atoms with Gasteiger partial charge in [0.25, 0.3) is 5.91 Å². The van der Waals surface area contributed by atoms with E-state index in [1.165, 1.54) is 28.7 Å². The number of nitrogens with one attached hydrogen (secondary N) is 4. The first-order valence-corrected chi connectivity index (χ1v) is 28.2. The van der Waals surface area contributed by atoms with Gasteiger partial charge in [0.1, 0.15) is 23.9 Å². The predicted octanol–water partition coefficient (Wildman–Crippen LogP) is 7.61. The van der Waals surface area contributed by atoms with Crippen LogP contribution in [0.1, 0.15) is 86.8 Å². The number of piperazine rings is 1. The largest absolute Gasteiger partial charge is 0.446 e. The van der Waals surface area contributed by atoms with Gasteiger partial charge >= 0.3 is 6.09 Å². The second-order valence-electron chi connectivity index (χ2n) is 21.4. The molecule has 3 atom stereocenters. The van der Waals surface area contributed by atoms with Gasteiger partial charge in [-0.1, -0.05) is 74.0 Å². The maximum atomic E-state index is 14.2. The van der Waals surface area contributed by atoms with Crippen molar-refractivity contribution in [2.75, 3.05) is 54.8 Å². The fourth-order valence-electron chi connectivity index (χ4n) is 10.0. The van der Waals surface area contributed by atoms with Crippen LogP contribution in [0.4, 0.5) is 21.6 Å². The molecule has 21 nitrogen and oxygen atoms in total. The van der Waals surface area contributed by atoms with E-state index in [0.29, 0.717) is 59.9 Å². The fourth-order valence-corrected chi connectivity index (χ4v) is 11.8. The highest BCUT2D eigenvalue weighted by Crippen LogP contribution is 2.33. The Bertz CT molecular complexity index is 3340. The lowest BCUT2D eigenvalue weighted by Crippen LogP contribution is -2.57. The summed E-state index contributed by atoms with van der Waals surface area (Å²) in [6, 6.07) is 15.0. The average molecular weight is 1110 g/mol. The lowest BCUT2D eigenvalue weighted by atomic mass is 9.85. The number of thiazole rings is 2. The third-order valence-corrected chi connectivity index (χ3v) is 16.4. The number of aryl methyl sites for hydroxylation is 2. The van der Waals surface area contributed by atoms with Gasteiger partial charge in [-0.05, 0) is 79.8 Å². The molecular weight excluding hydrogens is 1050 g/mol. The zero-order valence-electron chi connectivity index (χ0n) is 44.7. The van der Waals surface area contributed by atoms with Gasteiger partial charge < -0.3 is 40.1 Å². The summed E-state index contributed by atoms with van der Waals surface area (Å²) < 4.78 is 12.0. The van der Waals surface area contributed by atoms with Crippen molar-refractivity contribution in [2.24, 2.45) is 5.41 Å². The minimum absolute atomic E-state index is 0.0562. The van der Waals surface area contributed by atoms with E-state index in [0.717, 1.165) is 68.7 Å². The highest BCUT2D eigenvalue weighted by atomic mass is 32.1. The predicted molar refractivity (Wildman–Crippen MR) is 300 cm³/mol. The van der Waals surface area contributed by atoms with Crippen LogP contribution in [-0.2, 0) is 25.7 Å². The monoisotopic (exact) mass is 1110 g/mol. The summed E-state index contributed by atoms with van der Waals surface area (Å²) in [4.78, 5) is 96.7. The molecule has 5 aromatic heterocycles. The number of anilines is 3. The quantitative estimate of drug-likeness (QED) is 0.0661. The highest BCUT2D eigenvalue weighted by molar-refractivity contribution is 7.22. The number of hydrogen-bond acceptors (Lipinski definition) is 18. The number of β-amino-alcohol motifs (C(OH)–C–C–N with tert-alkyl or cyclic N) is 1. The van der Waals surface area contributed by atoms with Crippen molar-refractivity contribution in [1.82, 2.24) is 50.5 Å². The molecule has 1 aliphatic carbocycles. The molecular formula is C56H63N13O8S2. The van der Waals surface area contributed by atoms with E-state index in [-0.39, 0.29) is 43.8 Å². The van der Waals surface area contributed by atoms with Crippen molar-refractivity contribution < 1.29 is 38.3 Å². The van der Waals surface area contributed by atoms with Gasteiger partial charge in [0.15, 0.2) is 5.13 Å². The Kier molecular flexibility index (Phi) is 16.4. The van der Waals surface area contributed by atoms with Crippen LogP contribution < -0.4 is 26.2 Å². The van der Waals surface area contributed by atoms with Gasteiger partial charge in [-0.3, -0.25) is 34.4 Å². The highest BCUT2D eigenvalue weighted by Gasteiger charge is 2.45. The molecule has 7 heterocycles. The summed E-state index contributed by atoms with van der Waals surface area (Å²) in [6.45, 7) is 11.9. The zero-order valence-corrected chi connectivity index (χ0v) is 46.3. The van der Waals surface area contributed by atoms with E-state index < -0.39 is 47.4 Å². The van der Waals surface area contributed by atoms with Crippen molar-refractivity contribution in [1.29, 1.82) is 0 Å². The van der Waals surface area contributed by atoms with Crippen LogP contribution in [0.25, 0.3) is 43.0 Å². The van der Waals surface area contributed by atoms with Crippen LogP contribution in [0.3, 0.4) is 0 Å². The molecule has 3 aliphatic rings. The lowest BCUT2D eigenvalue weighted by molar-refractivity contribution is -0.142. The van der Waals surface area contributed by atoms with Gasteiger partial charge in [0.2, 0.25) is 29.4 Å². The number of aromatic nitrogens is 6. The Morgan fingerprint density at radius 1 is 0.835 bits per heavy atom. The molecule has 1 saturated carbocycles. The maximum absolute atomic E-state index is 14.2. The van der Waals surface area contributed by atoms with Gasteiger partial charge in [0.05, 0.1) is 50.3 Å². The van der Waals surface area contributed by atoms with E-state index in [1.807, 2.05) is 67.3 Å². The smallest absolute Gasteiger partial charge is 0.411 e. The number of aliphatic hydroxyl groups is 1. The van der Waals surface area contributed by atoms with E-state index >= 15 is 0 Å². The van der Waals surface area contributed by atoms with Crippen molar-refractivity contribution in [3.8, 4) is 32.8 Å². The van der Waals surface area contributed by atoms with Gasteiger partial charge in [-0.25, -0.2) is 24.7 Å². The van der Waals surface area contributed by atoms with Gasteiger partial charge in [-0.2, -0.15) is 0 Å². The second kappa shape index (κ2) is 23.7. The molecule has 0 radical (unpaired) electrons. The van der Waals surface area contributed by atoms with Crippen LogP contribution in [0.2, 0.25) is 0 Å². The Morgan fingerprint density at radius 2 is 1.57 bits per heavy atom. The number of pyridine rings is 1. The van der Waals surface area contributed by atoms with Crippen LogP contribution in [0.5, 0.6) is 0 Å². The molecule has 0 bridgehead atoms.